The average Bonchev–Trinajstić information content (AvgIpc) is 2.76. The summed E-state index contributed by atoms with van der Waals surface area (Å²) in [7, 11) is -3.56. The van der Waals surface area contributed by atoms with Gasteiger partial charge in [-0.25, -0.2) is 13.2 Å². The fourth-order valence-electron chi connectivity index (χ4n) is 2.80. The van der Waals surface area contributed by atoms with E-state index < -0.39 is 39.2 Å². The summed E-state index contributed by atoms with van der Waals surface area (Å²) in [6, 6.07) is 10.0. The Bertz CT molecular complexity index is 1190. The number of nitrogens with one attached hydrogen (secondary N) is 2. The molecule has 1 amide bonds. The summed E-state index contributed by atoms with van der Waals surface area (Å²) in [5, 5.41) is 2.67. The summed E-state index contributed by atoms with van der Waals surface area (Å²) < 4.78 is 36.2. The monoisotopic (exact) mass is 524 g/mol. The van der Waals surface area contributed by atoms with E-state index in [0.717, 1.165) is 6.26 Å². The van der Waals surface area contributed by atoms with E-state index >= 15 is 0 Å². The smallest absolute Gasteiger partial charge is 0.338 e. The standard InChI is InChI=1S/C24H29ClN2O7S/c1-6-13-33-23(30)15-7-10-17(11-8-15)34-20(21(28)24(2,3)4)22(29)26-19-14-16(9-12-18(19)25)27-35(5,31)32/h7-12,14,20,27H,6,13H2,1-5H3,(H,26,29). The van der Waals surface area contributed by atoms with Crippen LogP contribution in [0.4, 0.5) is 11.4 Å². The van der Waals surface area contributed by atoms with Gasteiger partial charge in [-0.15, -0.1) is 0 Å². The van der Waals surface area contributed by atoms with Gasteiger partial charge < -0.3 is 14.8 Å². The molecule has 0 radical (unpaired) electrons. The number of amides is 1. The van der Waals surface area contributed by atoms with Gasteiger partial charge in [-0.2, -0.15) is 0 Å². The van der Waals surface area contributed by atoms with E-state index in [1.807, 2.05) is 6.92 Å². The number of hydrogen-bond donors (Lipinski definition) is 2. The summed E-state index contributed by atoms with van der Waals surface area (Å²) in [5.74, 6) is -1.60. The first-order valence-electron chi connectivity index (χ1n) is 10.8. The molecule has 2 N–H and O–H groups in total. The molecule has 2 rings (SSSR count). The number of rotatable bonds is 10. The number of sulfonamides is 1. The fraction of sp³-hybridized carbons (Fsp3) is 0.375. The molecule has 0 aliphatic heterocycles. The van der Waals surface area contributed by atoms with Crippen LogP contribution < -0.4 is 14.8 Å². The van der Waals surface area contributed by atoms with Crippen LogP contribution in [0.5, 0.6) is 5.75 Å². The third kappa shape index (κ3) is 8.56. The van der Waals surface area contributed by atoms with Crippen molar-refractivity contribution in [3.8, 4) is 5.75 Å². The molecule has 1 atom stereocenters. The molecule has 0 aliphatic rings. The molecule has 0 bridgehead atoms. The van der Waals surface area contributed by atoms with Gasteiger partial charge in [0.2, 0.25) is 16.1 Å². The molecule has 0 heterocycles. The first-order chi connectivity index (χ1) is 16.2. The van der Waals surface area contributed by atoms with Crippen molar-refractivity contribution >= 4 is 50.7 Å². The van der Waals surface area contributed by atoms with Crippen LogP contribution >= 0.6 is 11.6 Å². The topological polar surface area (TPSA) is 128 Å². The van der Waals surface area contributed by atoms with Crippen molar-refractivity contribution in [1.82, 2.24) is 0 Å². The van der Waals surface area contributed by atoms with Crippen molar-refractivity contribution in [3.05, 3.63) is 53.1 Å². The number of ketones is 1. The summed E-state index contributed by atoms with van der Waals surface area (Å²) in [6.07, 6.45) is 0.131. The third-order valence-corrected chi connectivity index (χ3v) is 5.46. The SMILES string of the molecule is CCCOC(=O)c1ccc(OC(C(=O)Nc2cc(NS(C)(=O)=O)ccc2Cl)C(=O)C(C)(C)C)cc1. The second-order valence-corrected chi connectivity index (χ2v) is 11.0. The molecule has 9 nitrogen and oxygen atoms in total. The normalized spacial score (nSPS) is 12.4. The summed E-state index contributed by atoms with van der Waals surface area (Å²) >= 11 is 6.17. The molecule has 2 aromatic rings. The fourth-order valence-corrected chi connectivity index (χ4v) is 3.52. The highest BCUT2D eigenvalue weighted by atomic mass is 35.5. The second kappa shape index (κ2) is 11.5. The maximum Gasteiger partial charge on any atom is 0.338 e. The number of benzene rings is 2. The average molecular weight is 525 g/mol. The third-order valence-electron chi connectivity index (χ3n) is 4.52. The number of ether oxygens (including phenoxy) is 2. The predicted octanol–water partition coefficient (Wildman–Crippen LogP) is 4.28. The van der Waals surface area contributed by atoms with E-state index in [-0.39, 0.29) is 22.1 Å². The molecule has 0 aliphatic carbocycles. The Morgan fingerprint density at radius 2 is 1.69 bits per heavy atom. The van der Waals surface area contributed by atoms with Crippen LogP contribution in [0.25, 0.3) is 0 Å². The molecular formula is C24H29ClN2O7S. The van der Waals surface area contributed by atoms with Crippen LogP contribution in [-0.4, -0.2) is 45.0 Å². The Hall–Kier alpha value is -3.11. The van der Waals surface area contributed by atoms with Crippen molar-refractivity contribution < 1.29 is 32.3 Å². The van der Waals surface area contributed by atoms with E-state index in [9.17, 15) is 22.8 Å². The molecule has 0 saturated heterocycles. The van der Waals surface area contributed by atoms with Gasteiger partial charge in [0.05, 0.1) is 34.8 Å². The largest absolute Gasteiger partial charge is 0.473 e. The van der Waals surface area contributed by atoms with Crippen LogP contribution in [-0.2, 0) is 24.3 Å². The maximum atomic E-state index is 13.1. The number of esters is 1. The maximum absolute atomic E-state index is 13.1. The van der Waals surface area contributed by atoms with Crippen molar-refractivity contribution in [2.75, 3.05) is 22.9 Å². The zero-order chi connectivity index (χ0) is 26.4. The van der Waals surface area contributed by atoms with Gasteiger partial charge in [-0.3, -0.25) is 14.3 Å². The van der Waals surface area contributed by atoms with Crippen LogP contribution in [0.2, 0.25) is 5.02 Å². The number of carbonyl (C=O) groups excluding carboxylic acids is 3. The van der Waals surface area contributed by atoms with E-state index in [0.29, 0.717) is 18.6 Å². The van der Waals surface area contributed by atoms with Crippen LogP contribution in [0.15, 0.2) is 42.5 Å². The van der Waals surface area contributed by atoms with Crippen molar-refractivity contribution in [1.29, 1.82) is 0 Å². The predicted molar refractivity (Wildman–Crippen MR) is 134 cm³/mol. The Balaban J connectivity index is 2.29. The van der Waals surface area contributed by atoms with Crippen molar-refractivity contribution in [3.63, 3.8) is 0 Å². The highest BCUT2D eigenvalue weighted by Crippen LogP contribution is 2.28. The first kappa shape index (κ1) is 28.1. The number of carbonyl (C=O) groups is 3. The molecule has 190 valence electrons. The minimum absolute atomic E-state index is 0.0923. The van der Waals surface area contributed by atoms with E-state index in [1.165, 1.54) is 42.5 Å². The molecular weight excluding hydrogens is 496 g/mol. The lowest BCUT2D eigenvalue weighted by Crippen LogP contribution is -2.45. The second-order valence-electron chi connectivity index (χ2n) is 8.83. The number of Topliss-reactive ketones (excluding diaryl/α,β-unsaturated/α-hetero) is 1. The Labute approximate surface area is 210 Å². The molecule has 35 heavy (non-hydrogen) atoms. The quantitative estimate of drug-likeness (QED) is 0.350. The summed E-state index contributed by atoms with van der Waals surface area (Å²) in [5.41, 5.74) is -0.349. The van der Waals surface area contributed by atoms with Gasteiger partial charge in [0, 0.05) is 5.41 Å². The van der Waals surface area contributed by atoms with Gasteiger partial charge in [0.25, 0.3) is 5.91 Å². The van der Waals surface area contributed by atoms with Gasteiger partial charge in [-0.1, -0.05) is 39.3 Å². The number of hydrogen-bond acceptors (Lipinski definition) is 7. The highest BCUT2D eigenvalue weighted by Gasteiger charge is 2.37. The van der Waals surface area contributed by atoms with E-state index in [4.69, 9.17) is 21.1 Å². The lowest BCUT2D eigenvalue weighted by Gasteiger charge is -2.25. The minimum atomic E-state index is -3.56. The van der Waals surface area contributed by atoms with E-state index in [1.54, 1.807) is 20.8 Å². The van der Waals surface area contributed by atoms with Gasteiger partial charge in [0.15, 0.2) is 5.78 Å². The minimum Gasteiger partial charge on any atom is -0.473 e. The van der Waals surface area contributed by atoms with Crippen molar-refractivity contribution in [2.45, 2.75) is 40.2 Å². The molecule has 0 fully saturated rings. The Morgan fingerprint density at radius 1 is 1.06 bits per heavy atom. The molecule has 2 aromatic carbocycles. The van der Waals surface area contributed by atoms with Crippen LogP contribution in [0.3, 0.4) is 0 Å². The highest BCUT2D eigenvalue weighted by molar-refractivity contribution is 7.92. The van der Waals surface area contributed by atoms with Gasteiger partial charge in [0.1, 0.15) is 5.75 Å². The zero-order valence-electron chi connectivity index (χ0n) is 20.2. The van der Waals surface area contributed by atoms with Crippen molar-refractivity contribution in [2.24, 2.45) is 5.41 Å². The molecule has 0 aromatic heterocycles. The van der Waals surface area contributed by atoms with Crippen LogP contribution in [0, 0.1) is 5.41 Å². The summed E-state index contributed by atoms with van der Waals surface area (Å²) in [4.78, 5) is 38.2. The lowest BCUT2D eigenvalue weighted by molar-refractivity contribution is -0.140. The molecule has 11 heteroatoms. The molecule has 1 unspecified atom stereocenters. The molecule has 0 saturated carbocycles. The van der Waals surface area contributed by atoms with E-state index in [2.05, 4.69) is 10.0 Å². The zero-order valence-corrected chi connectivity index (χ0v) is 21.7. The summed E-state index contributed by atoms with van der Waals surface area (Å²) in [6.45, 7) is 7.12. The Kier molecular flexibility index (Phi) is 9.28. The first-order valence-corrected chi connectivity index (χ1v) is 13.0. The molecule has 0 spiro atoms. The van der Waals surface area contributed by atoms with Crippen LogP contribution in [0.1, 0.15) is 44.5 Å². The van der Waals surface area contributed by atoms with Gasteiger partial charge >= 0.3 is 5.97 Å². The number of halogens is 1. The van der Waals surface area contributed by atoms with Gasteiger partial charge in [-0.05, 0) is 48.9 Å². The lowest BCUT2D eigenvalue weighted by atomic mass is 9.87. The Morgan fingerprint density at radius 3 is 2.23 bits per heavy atom. The number of anilines is 2.